The van der Waals surface area contributed by atoms with Gasteiger partial charge >= 0.3 is 0 Å². The smallest absolute Gasteiger partial charge is 0.123 e. The summed E-state index contributed by atoms with van der Waals surface area (Å²) in [5.41, 5.74) is 3.94. The first-order chi connectivity index (χ1) is 9.02. The maximum atomic E-state index is 9.81. The van der Waals surface area contributed by atoms with Crippen molar-refractivity contribution >= 4 is 11.3 Å². The van der Waals surface area contributed by atoms with Crippen molar-refractivity contribution in [3.05, 3.63) is 34.3 Å². The zero-order valence-electron chi connectivity index (χ0n) is 11.8. The van der Waals surface area contributed by atoms with E-state index in [4.69, 9.17) is 0 Å². The molecule has 0 aliphatic carbocycles. The Balaban J connectivity index is 2.33. The van der Waals surface area contributed by atoms with Gasteiger partial charge in [-0.05, 0) is 50.6 Å². The van der Waals surface area contributed by atoms with E-state index in [1.807, 2.05) is 26.0 Å². The van der Waals surface area contributed by atoms with Crippen molar-refractivity contribution in [1.82, 2.24) is 10.3 Å². The topological polar surface area (TPSA) is 45.1 Å². The van der Waals surface area contributed by atoms with E-state index in [-0.39, 0.29) is 6.04 Å². The maximum Gasteiger partial charge on any atom is 0.123 e. The fourth-order valence-electron chi connectivity index (χ4n) is 2.11. The summed E-state index contributed by atoms with van der Waals surface area (Å²) in [5.74, 6) is 0.376. The van der Waals surface area contributed by atoms with Gasteiger partial charge in [-0.25, -0.2) is 4.98 Å². The molecule has 2 aromatic rings. The minimum Gasteiger partial charge on any atom is -0.507 e. The fraction of sp³-hybridized carbons (Fsp3) is 0.400. The number of aromatic nitrogens is 1. The molecule has 1 aromatic heterocycles. The van der Waals surface area contributed by atoms with Crippen LogP contribution in [0, 0.1) is 13.8 Å². The third-order valence-electron chi connectivity index (χ3n) is 3.21. The first kappa shape index (κ1) is 14.0. The molecule has 102 valence electrons. The van der Waals surface area contributed by atoms with Crippen LogP contribution in [-0.4, -0.2) is 16.6 Å². The van der Waals surface area contributed by atoms with Gasteiger partial charge in [-0.1, -0.05) is 6.92 Å². The van der Waals surface area contributed by atoms with Crippen LogP contribution in [0.3, 0.4) is 0 Å². The molecule has 1 atom stereocenters. The molecule has 3 nitrogen and oxygen atoms in total. The molecule has 0 radical (unpaired) electrons. The summed E-state index contributed by atoms with van der Waals surface area (Å²) in [6.45, 7) is 8.99. The zero-order chi connectivity index (χ0) is 14.0. The number of aryl methyl sites for hydroxylation is 2. The molecule has 4 heteroatoms. The molecular weight excluding hydrogens is 256 g/mol. The highest BCUT2D eigenvalue weighted by molar-refractivity contribution is 7.13. The van der Waals surface area contributed by atoms with Crippen molar-refractivity contribution in [2.45, 2.75) is 33.7 Å². The van der Waals surface area contributed by atoms with Gasteiger partial charge in [-0.2, -0.15) is 0 Å². The Morgan fingerprint density at radius 2 is 1.95 bits per heavy atom. The third-order valence-corrected chi connectivity index (χ3v) is 4.12. The van der Waals surface area contributed by atoms with Crippen LogP contribution >= 0.6 is 11.3 Å². The minimum atomic E-state index is 0.273. The van der Waals surface area contributed by atoms with E-state index in [0.29, 0.717) is 5.75 Å². The van der Waals surface area contributed by atoms with Crippen molar-refractivity contribution in [1.29, 1.82) is 0 Å². The van der Waals surface area contributed by atoms with Crippen molar-refractivity contribution < 1.29 is 5.11 Å². The summed E-state index contributed by atoms with van der Waals surface area (Å²) >= 11 is 1.65. The van der Waals surface area contributed by atoms with Crippen LogP contribution in [-0.2, 0) is 0 Å². The molecule has 1 unspecified atom stereocenters. The molecule has 0 aliphatic heterocycles. The lowest BCUT2D eigenvalue weighted by atomic mass is 10.1. The fourth-order valence-corrected chi connectivity index (χ4v) is 3.01. The Morgan fingerprint density at radius 3 is 2.53 bits per heavy atom. The highest BCUT2D eigenvalue weighted by atomic mass is 32.1. The van der Waals surface area contributed by atoms with Crippen molar-refractivity contribution in [3.63, 3.8) is 0 Å². The van der Waals surface area contributed by atoms with Gasteiger partial charge in [0.05, 0.1) is 5.69 Å². The number of rotatable bonds is 4. The predicted octanol–water partition coefficient (Wildman–Crippen LogP) is 3.80. The van der Waals surface area contributed by atoms with Crippen LogP contribution in [0.2, 0.25) is 0 Å². The van der Waals surface area contributed by atoms with E-state index in [0.717, 1.165) is 33.9 Å². The molecule has 0 saturated carbocycles. The summed E-state index contributed by atoms with van der Waals surface area (Å²) < 4.78 is 0. The largest absolute Gasteiger partial charge is 0.507 e. The lowest BCUT2D eigenvalue weighted by molar-refractivity contribution is 0.467. The van der Waals surface area contributed by atoms with E-state index in [1.54, 1.807) is 11.3 Å². The number of phenolic OH excluding ortho intramolecular Hbond substituents is 1. The lowest BCUT2D eigenvalue weighted by Crippen LogP contribution is -2.17. The molecule has 1 aromatic carbocycles. The minimum absolute atomic E-state index is 0.273. The quantitative estimate of drug-likeness (QED) is 0.892. The molecule has 0 bridgehead atoms. The number of thiazole rings is 1. The lowest BCUT2D eigenvalue weighted by Gasteiger charge is -2.08. The van der Waals surface area contributed by atoms with Gasteiger partial charge < -0.3 is 10.4 Å². The van der Waals surface area contributed by atoms with Crippen LogP contribution < -0.4 is 5.32 Å². The zero-order valence-corrected chi connectivity index (χ0v) is 12.6. The maximum absolute atomic E-state index is 9.81. The molecule has 0 amide bonds. The monoisotopic (exact) mass is 276 g/mol. The molecule has 0 spiro atoms. The van der Waals surface area contributed by atoms with Gasteiger partial charge in [0.2, 0.25) is 0 Å². The van der Waals surface area contributed by atoms with E-state index >= 15 is 0 Å². The normalized spacial score (nSPS) is 12.6. The first-order valence-corrected chi connectivity index (χ1v) is 7.40. The number of aromatic hydroxyl groups is 1. The van der Waals surface area contributed by atoms with Gasteiger partial charge in [0.1, 0.15) is 10.8 Å². The highest BCUT2D eigenvalue weighted by Gasteiger charge is 2.12. The van der Waals surface area contributed by atoms with E-state index in [1.165, 1.54) is 0 Å². The first-order valence-electron chi connectivity index (χ1n) is 6.52. The highest BCUT2D eigenvalue weighted by Crippen LogP contribution is 2.31. The molecule has 2 rings (SSSR count). The molecule has 0 aliphatic rings. The second kappa shape index (κ2) is 5.72. The van der Waals surface area contributed by atoms with Crippen molar-refractivity contribution in [2.75, 3.05) is 6.54 Å². The average molecular weight is 276 g/mol. The van der Waals surface area contributed by atoms with Gasteiger partial charge in [0.25, 0.3) is 0 Å². The van der Waals surface area contributed by atoms with Crippen LogP contribution in [0.5, 0.6) is 5.75 Å². The van der Waals surface area contributed by atoms with Gasteiger partial charge in [-0.15, -0.1) is 11.3 Å². The van der Waals surface area contributed by atoms with Gasteiger partial charge in [0, 0.05) is 17.0 Å². The van der Waals surface area contributed by atoms with Crippen molar-refractivity contribution in [2.24, 2.45) is 0 Å². The van der Waals surface area contributed by atoms with Crippen LogP contribution in [0.1, 0.15) is 36.7 Å². The van der Waals surface area contributed by atoms with Crippen molar-refractivity contribution in [3.8, 4) is 16.3 Å². The molecule has 2 N–H and O–H groups in total. The number of hydrogen-bond acceptors (Lipinski definition) is 4. The average Bonchev–Trinajstić information content (AvgIpc) is 2.85. The molecular formula is C15H20N2OS. The van der Waals surface area contributed by atoms with Crippen LogP contribution in [0.15, 0.2) is 17.5 Å². The Labute approximate surface area is 118 Å². The molecule has 1 heterocycles. The number of phenols is 1. The number of benzene rings is 1. The van der Waals surface area contributed by atoms with E-state index in [9.17, 15) is 5.11 Å². The number of nitrogens with zero attached hydrogens (tertiary/aromatic N) is 1. The van der Waals surface area contributed by atoms with E-state index < -0.39 is 0 Å². The summed E-state index contributed by atoms with van der Waals surface area (Å²) in [5, 5.41) is 16.3. The number of hydrogen-bond donors (Lipinski definition) is 2. The van der Waals surface area contributed by atoms with Gasteiger partial charge in [-0.3, -0.25) is 0 Å². The van der Waals surface area contributed by atoms with E-state index in [2.05, 4.69) is 29.5 Å². The summed E-state index contributed by atoms with van der Waals surface area (Å²) in [4.78, 5) is 4.69. The second-order valence-electron chi connectivity index (χ2n) is 4.82. The molecule has 0 saturated heterocycles. The summed E-state index contributed by atoms with van der Waals surface area (Å²) in [6, 6.07) is 4.25. The third kappa shape index (κ3) is 2.96. The van der Waals surface area contributed by atoms with Gasteiger partial charge in [0.15, 0.2) is 0 Å². The predicted molar refractivity (Wildman–Crippen MR) is 80.8 cm³/mol. The SMILES string of the molecule is CCNC(C)c1csc(-c2cc(C)c(O)c(C)c2)n1. The molecule has 19 heavy (non-hydrogen) atoms. The Kier molecular flexibility index (Phi) is 4.22. The van der Waals surface area contributed by atoms with Crippen LogP contribution in [0.4, 0.5) is 0 Å². The Bertz CT molecular complexity index is 554. The standard InChI is InChI=1S/C15H20N2OS/c1-5-16-11(4)13-8-19-15(17-13)12-6-9(2)14(18)10(3)7-12/h6-8,11,16,18H,5H2,1-4H3. The second-order valence-corrected chi connectivity index (χ2v) is 5.67. The Hall–Kier alpha value is -1.39. The summed E-state index contributed by atoms with van der Waals surface area (Å²) in [6.07, 6.45) is 0. The summed E-state index contributed by atoms with van der Waals surface area (Å²) in [7, 11) is 0. The number of nitrogens with one attached hydrogen (secondary N) is 1. The Morgan fingerprint density at radius 1 is 1.32 bits per heavy atom. The van der Waals surface area contributed by atoms with Crippen LogP contribution in [0.25, 0.3) is 10.6 Å². The molecule has 0 fully saturated rings.